The first-order valence-electron chi connectivity index (χ1n) is 12.4. The van der Waals surface area contributed by atoms with Crippen LogP contribution in [0, 0.1) is 0 Å². The van der Waals surface area contributed by atoms with E-state index in [1.165, 1.54) is 10.4 Å². The molecule has 0 heterocycles. The summed E-state index contributed by atoms with van der Waals surface area (Å²) in [5.74, 6) is 1.60. The van der Waals surface area contributed by atoms with Crippen molar-refractivity contribution in [3.8, 4) is 17.2 Å². The fraction of sp³-hybridized carbons (Fsp3) is 0.367. The van der Waals surface area contributed by atoms with E-state index in [0.717, 1.165) is 5.56 Å². The number of carbonyl (C=O) groups is 1. The highest BCUT2D eigenvalue weighted by atomic mass is 28.4. The molecule has 0 N–H and O–H groups in total. The Morgan fingerprint density at radius 2 is 1.36 bits per heavy atom. The third kappa shape index (κ3) is 4.55. The van der Waals surface area contributed by atoms with Crippen LogP contribution in [0.4, 0.5) is 0 Å². The Hall–Kier alpha value is -3.09. The van der Waals surface area contributed by atoms with E-state index in [1.807, 2.05) is 12.1 Å². The van der Waals surface area contributed by atoms with Crippen LogP contribution in [0.1, 0.15) is 49.5 Å². The van der Waals surface area contributed by atoms with Crippen molar-refractivity contribution in [2.45, 2.75) is 51.2 Å². The minimum atomic E-state index is -2.78. The summed E-state index contributed by atoms with van der Waals surface area (Å²) in [7, 11) is 1.97. The molecular formula is C30H36O5Si. The highest BCUT2D eigenvalue weighted by Crippen LogP contribution is 2.45. The molecule has 1 aliphatic rings. The van der Waals surface area contributed by atoms with Crippen LogP contribution in [0.2, 0.25) is 5.04 Å². The lowest BCUT2D eigenvalue weighted by Gasteiger charge is -2.45. The molecule has 0 fully saturated rings. The van der Waals surface area contributed by atoms with Gasteiger partial charge in [0.05, 0.1) is 27.4 Å². The Morgan fingerprint density at radius 3 is 1.83 bits per heavy atom. The number of benzene rings is 3. The zero-order chi connectivity index (χ0) is 25.9. The Balaban J connectivity index is 1.80. The number of Topliss-reactive ketones (excluding diaryl/α,β-unsaturated/α-hetero) is 1. The van der Waals surface area contributed by atoms with Gasteiger partial charge in [0.2, 0.25) is 5.75 Å². The SMILES string of the molecule is COc1cc2c(c(OC)c1OC)CC[C@H](O[Si](c1ccccc1)(c1ccccc1)C(C)(C)C)CC2=O. The van der Waals surface area contributed by atoms with Gasteiger partial charge in [-0.05, 0) is 34.3 Å². The summed E-state index contributed by atoms with van der Waals surface area (Å²) in [5.41, 5.74) is 1.48. The van der Waals surface area contributed by atoms with Crippen molar-refractivity contribution in [2.24, 2.45) is 0 Å². The molecule has 0 radical (unpaired) electrons. The van der Waals surface area contributed by atoms with Gasteiger partial charge in [0.15, 0.2) is 17.3 Å². The Morgan fingerprint density at radius 1 is 0.806 bits per heavy atom. The molecule has 3 aromatic carbocycles. The van der Waals surface area contributed by atoms with E-state index in [4.69, 9.17) is 18.6 Å². The van der Waals surface area contributed by atoms with E-state index in [9.17, 15) is 4.79 Å². The van der Waals surface area contributed by atoms with Gasteiger partial charge in [0.25, 0.3) is 8.32 Å². The van der Waals surface area contributed by atoms with Crippen molar-refractivity contribution in [2.75, 3.05) is 21.3 Å². The standard InChI is InChI=1S/C30H36O5Si/c1-30(2,3)36(22-13-9-7-10-14-22,23-15-11-8-12-16-23)35-21-17-18-24-25(26(31)19-21)20-27(32-4)29(34-6)28(24)33-5/h7-16,20-21H,17-19H2,1-6H3/t21-/m0/s1. The van der Waals surface area contributed by atoms with Crippen LogP contribution < -0.4 is 24.6 Å². The monoisotopic (exact) mass is 504 g/mol. The predicted molar refractivity (Wildman–Crippen MR) is 146 cm³/mol. The van der Waals surface area contributed by atoms with E-state index in [2.05, 4.69) is 69.3 Å². The minimum Gasteiger partial charge on any atom is -0.493 e. The van der Waals surface area contributed by atoms with Crippen LogP contribution in [-0.4, -0.2) is 41.5 Å². The van der Waals surface area contributed by atoms with Crippen LogP contribution in [0.5, 0.6) is 17.2 Å². The molecule has 190 valence electrons. The lowest BCUT2D eigenvalue weighted by Crippen LogP contribution is -2.67. The second kappa shape index (κ2) is 10.5. The first-order chi connectivity index (χ1) is 17.3. The number of hydrogen-bond donors (Lipinski definition) is 0. The number of rotatable bonds is 7. The van der Waals surface area contributed by atoms with Crippen molar-refractivity contribution in [3.63, 3.8) is 0 Å². The number of ether oxygens (including phenoxy) is 3. The molecule has 6 heteroatoms. The second-order valence-electron chi connectivity index (χ2n) is 10.2. The summed E-state index contributed by atoms with van der Waals surface area (Å²) in [4.78, 5) is 13.6. The maximum atomic E-state index is 13.6. The van der Waals surface area contributed by atoms with Gasteiger partial charge in [-0.2, -0.15) is 0 Å². The fourth-order valence-electron chi connectivity index (χ4n) is 5.48. The average Bonchev–Trinajstić information content (AvgIpc) is 3.04. The van der Waals surface area contributed by atoms with Crippen LogP contribution in [0.25, 0.3) is 0 Å². The highest BCUT2D eigenvalue weighted by molar-refractivity contribution is 6.99. The molecule has 0 saturated carbocycles. The Bertz CT molecular complexity index is 1160. The maximum Gasteiger partial charge on any atom is 0.261 e. The second-order valence-corrected chi connectivity index (χ2v) is 14.5. The zero-order valence-corrected chi connectivity index (χ0v) is 23.1. The number of carbonyl (C=O) groups excluding carboxylic acids is 1. The van der Waals surface area contributed by atoms with E-state index >= 15 is 0 Å². The van der Waals surface area contributed by atoms with Crippen LogP contribution in [0.3, 0.4) is 0 Å². The quantitative estimate of drug-likeness (QED) is 0.328. The number of methoxy groups -OCH3 is 3. The lowest BCUT2D eigenvalue weighted by atomic mass is 9.99. The molecule has 5 nitrogen and oxygen atoms in total. The highest BCUT2D eigenvalue weighted by Gasteiger charge is 2.51. The van der Waals surface area contributed by atoms with Crippen molar-refractivity contribution in [1.29, 1.82) is 0 Å². The normalized spacial score (nSPS) is 16.2. The van der Waals surface area contributed by atoms with Crippen LogP contribution >= 0.6 is 0 Å². The third-order valence-corrected chi connectivity index (χ3v) is 12.2. The molecule has 0 saturated heterocycles. The molecule has 1 aliphatic carbocycles. The minimum absolute atomic E-state index is 0.0321. The molecular weight excluding hydrogens is 468 g/mol. The summed E-state index contributed by atoms with van der Waals surface area (Å²) in [6.45, 7) is 6.77. The molecule has 0 amide bonds. The largest absolute Gasteiger partial charge is 0.493 e. The van der Waals surface area contributed by atoms with Gasteiger partial charge in [-0.15, -0.1) is 0 Å². The van der Waals surface area contributed by atoms with Gasteiger partial charge in [-0.25, -0.2) is 0 Å². The van der Waals surface area contributed by atoms with Gasteiger partial charge in [0, 0.05) is 17.5 Å². The summed E-state index contributed by atoms with van der Waals surface area (Å²) in [6, 6.07) is 22.9. The van der Waals surface area contributed by atoms with E-state index in [1.54, 1.807) is 27.4 Å². The van der Waals surface area contributed by atoms with Gasteiger partial charge in [0.1, 0.15) is 0 Å². The van der Waals surface area contributed by atoms with E-state index in [0.29, 0.717) is 42.1 Å². The molecule has 0 bridgehead atoms. The fourth-order valence-corrected chi connectivity index (χ4v) is 10.2. The summed E-state index contributed by atoms with van der Waals surface area (Å²) >= 11 is 0. The third-order valence-electron chi connectivity index (χ3n) is 7.12. The van der Waals surface area contributed by atoms with Crippen LogP contribution in [-0.2, 0) is 10.8 Å². The van der Waals surface area contributed by atoms with Gasteiger partial charge >= 0.3 is 0 Å². The average molecular weight is 505 g/mol. The van der Waals surface area contributed by atoms with Crippen LogP contribution in [0.15, 0.2) is 66.7 Å². The molecule has 0 spiro atoms. The summed E-state index contributed by atoms with van der Waals surface area (Å²) < 4.78 is 24.1. The lowest BCUT2D eigenvalue weighted by molar-refractivity contribution is 0.0898. The van der Waals surface area contributed by atoms with Crippen molar-refractivity contribution in [1.82, 2.24) is 0 Å². The molecule has 0 unspecified atom stereocenters. The molecule has 3 aromatic rings. The summed E-state index contributed by atoms with van der Waals surface area (Å²) in [5, 5.41) is 2.25. The first kappa shape index (κ1) is 26.0. The van der Waals surface area contributed by atoms with E-state index in [-0.39, 0.29) is 16.9 Å². The summed E-state index contributed by atoms with van der Waals surface area (Å²) in [6.07, 6.45) is 1.41. The molecule has 36 heavy (non-hydrogen) atoms. The number of hydrogen-bond acceptors (Lipinski definition) is 5. The predicted octanol–water partition coefficient (Wildman–Crippen LogP) is 5.18. The van der Waals surface area contributed by atoms with Crippen molar-refractivity contribution < 1.29 is 23.4 Å². The molecule has 1 atom stereocenters. The molecule has 0 aliphatic heterocycles. The Labute approximate surface area is 215 Å². The molecule has 4 rings (SSSR count). The van der Waals surface area contributed by atoms with Crippen molar-refractivity contribution >= 4 is 24.5 Å². The van der Waals surface area contributed by atoms with Gasteiger partial charge in [-0.1, -0.05) is 81.4 Å². The first-order valence-corrected chi connectivity index (χ1v) is 14.3. The zero-order valence-electron chi connectivity index (χ0n) is 22.1. The maximum absolute atomic E-state index is 13.6. The number of fused-ring (bicyclic) bond motifs is 1. The van der Waals surface area contributed by atoms with Gasteiger partial charge in [-0.3, -0.25) is 4.79 Å². The number of ketones is 1. The Kier molecular flexibility index (Phi) is 7.57. The van der Waals surface area contributed by atoms with Gasteiger partial charge < -0.3 is 18.6 Å². The van der Waals surface area contributed by atoms with E-state index < -0.39 is 8.32 Å². The smallest absolute Gasteiger partial charge is 0.261 e. The van der Waals surface area contributed by atoms with Crippen molar-refractivity contribution in [3.05, 3.63) is 77.9 Å². The molecule has 0 aromatic heterocycles. The topological polar surface area (TPSA) is 54.0 Å².